The van der Waals surface area contributed by atoms with Crippen LogP contribution in [0.25, 0.3) is 0 Å². The smallest absolute Gasteiger partial charge is 0.220 e. The summed E-state index contributed by atoms with van der Waals surface area (Å²) < 4.78 is 0. The van der Waals surface area contributed by atoms with E-state index < -0.39 is 0 Å². The van der Waals surface area contributed by atoms with Crippen LogP contribution in [0.5, 0.6) is 0 Å². The second kappa shape index (κ2) is 7.90. The summed E-state index contributed by atoms with van der Waals surface area (Å²) >= 11 is 0. The van der Waals surface area contributed by atoms with Gasteiger partial charge >= 0.3 is 0 Å². The van der Waals surface area contributed by atoms with E-state index in [0.717, 1.165) is 69.8 Å². The van der Waals surface area contributed by atoms with Crippen LogP contribution in [-0.2, 0) is 4.79 Å². The van der Waals surface area contributed by atoms with Crippen LogP contribution in [0.1, 0.15) is 43.7 Å². The molecule has 1 amide bonds. The fraction of sp³-hybridized carbons (Fsp3) is 0.706. The lowest BCUT2D eigenvalue weighted by Crippen LogP contribution is -2.39. The molecule has 0 aromatic carbocycles. The summed E-state index contributed by atoms with van der Waals surface area (Å²) in [4.78, 5) is 22.1. The molecule has 0 spiro atoms. The molecule has 2 fully saturated rings. The van der Waals surface area contributed by atoms with E-state index in [9.17, 15) is 9.90 Å². The molecule has 0 radical (unpaired) electrons. The number of piperidine rings is 1. The highest BCUT2D eigenvalue weighted by Crippen LogP contribution is 2.35. The van der Waals surface area contributed by atoms with Crippen LogP contribution >= 0.6 is 0 Å². The first kappa shape index (κ1) is 17.1. The van der Waals surface area contributed by atoms with Gasteiger partial charge in [-0.1, -0.05) is 0 Å². The van der Waals surface area contributed by atoms with Crippen LogP contribution in [-0.4, -0.2) is 58.2 Å². The maximum atomic E-state index is 11.2. The van der Waals surface area contributed by atoms with Crippen molar-refractivity contribution in [1.29, 1.82) is 0 Å². The number of aliphatic hydroxyl groups excluding tert-OH is 1. The van der Waals surface area contributed by atoms with Crippen molar-refractivity contribution in [2.75, 3.05) is 31.5 Å². The second-order valence-electron chi connectivity index (χ2n) is 6.95. The fourth-order valence-corrected chi connectivity index (χ4v) is 3.48. The number of anilines is 1. The van der Waals surface area contributed by atoms with E-state index in [1.165, 1.54) is 0 Å². The van der Waals surface area contributed by atoms with Crippen molar-refractivity contribution >= 4 is 11.7 Å². The number of amides is 1. The van der Waals surface area contributed by atoms with Gasteiger partial charge in [-0.05, 0) is 51.7 Å². The average Bonchev–Trinajstić information content (AvgIpc) is 2.56. The number of hydrogen-bond acceptors (Lipinski definition) is 6. The van der Waals surface area contributed by atoms with Crippen LogP contribution in [0, 0.1) is 5.92 Å². The minimum Gasteiger partial charge on any atom is -0.393 e. The molecule has 3 rings (SSSR count). The van der Waals surface area contributed by atoms with Gasteiger partial charge < -0.3 is 21.1 Å². The Morgan fingerprint density at radius 1 is 1.33 bits per heavy atom. The molecule has 24 heavy (non-hydrogen) atoms. The molecule has 0 unspecified atom stereocenters. The van der Waals surface area contributed by atoms with Crippen molar-refractivity contribution in [1.82, 2.24) is 14.9 Å². The minimum atomic E-state index is -0.167. The van der Waals surface area contributed by atoms with E-state index in [2.05, 4.69) is 20.2 Å². The number of aromatic nitrogens is 2. The molecule has 1 saturated heterocycles. The van der Waals surface area contributed by atoms with E-state index in [1.807, 2.05) is 6.07 Å². The van der Waals surface area contributed by atoms with Crippen molar-refractivity contribution in [3.63, 3.8) is 0 Å². The first-order valence-corrected chi connectivity index (χ1v) is 8.87. The number of carbonyl (C=O) groups excluding carboxylic acids is 1. The number of rotatable bonds is 7. The van der Waals surface area contributed by atoms with Gasteiger partial charge in [0.15, 0.2) is 0 Å². The summed E-state index contributed by atoms with van der Waals surface area (Å²) in [7, 11) is 0. The predicted octanol–water partition coefficient (Wildman–Crippen LogP) is 0.714. The van der Waals surface area contributed by atoms with Gasteiger partial charge in [0.1, 0.15) is 12.1 Å². The molecule has 1 aliphatic carbocycles. The standard InChI is InChI=1S/C17H27N5O2/c18-17(24)12-2-6-22(7-3-12)5-1-4-19-16-10-15(20-11-21-16)13-8-14(23)9-13/h10-14,23H,1-9H2,(H2,18,24)(H,19,20,21). The van der Waals surface area contributed by atoms with E-state index in [4.69, 9.17) is 5.73 Å². The number of likely N-dealkylation sites (tertiary alicyclic amines) is 1. The Balaban J connectivity index is 1.35. The molecule has 4 N–H and O–H groups in total. The van der Waals surface area contributed by atoms with Crippen molar-refractivity contribution in [3.8, 4) is 0 Å². The number of nitrogens with zero attached hydrogens (tertiary/aromatic N) is 3. The zero-order chi connectivity index (χ0) is 16.9. The van der Waals surface area contributed by atoms with Crippen LogP contribution < -0.4 is 11.1 Å². The number of primary amides is 1. The maximum absolute atomic E-state index is 11.2. The van der Waals surface area contributed by atoms with Gasteiger partial charge in [-0.3, -0.25) is 4.79 Å². The monoisotopic (exact) mass is 333 g/mol. The summed E-state index contributed by atoms with van der Waals surface area (Å²) in [5, 5.41) is 12.8. The molecule has 7 nitrogen and oxygen atoms in total. The molecular formula is C17H27N5O2. The summed E-state index contributed by atoms with van der Waals surface area (Å²) in [6, 6.07) is 1.99. The highest BCUT2D eigenvalue weighted by Gasteiger charge is 2.29. The average molecular weight is 333 g/mol. The molecule has 132 valence electrons. The van der Waals surface area contributed by atoms with E-state index >= 15 is 0 Å². The molecule has 0 atom stereocenters. The normalized spacial score (nSPS) is 25.2. The van der Waals surface area contributed by atoms with Crippen LogP contribution in [0.15, 0.2) is 12.4 Å². The van der Waals surface area contributed by atoms with Gasteiger partial charge in [0.2, 0.25) is 5.91 Å². The first-order valence-electron chi connectivity index (χ1n) is 8.87. The van der Waals surface area contributed by atoms with E-state index in [0.29, 0.717) is 5.92 Å². The van der Waals surface area contributed by atoms with Crippen molar-refractivity contribution in [2.24, 2.45) is 11.7 Å². The minimum absolute atomic E-state index is 0.0591. The Hall–Kier alpha value is -1.73. The van der Waals surface area contributed by atoms with Crippen LogP contribution in [0.4, 0.5) is 5.82 Å². The molecule has 1 saturated carbocycles. The molecular weight excluding hydrogens is 306 g/mol. The number of nitrogens with two attached hydrogens (primary N) is 1. The summed E-state index contributed by atoms with van der Waals surface area (Å²) in [6.45, 7) is 3.79. The number of nitrogens with one attached hydrogen (secondary N) is 1. The van der Waals surface area contributed by atoms with Crippen molar-refractivity contribution in [2.45, 2.75) is 44.1 Å². The lowest BCUT2D eigenvalue weighted by atomic mass is 9.80. The Morgan fingerprint density at radius 3 is 2.75 bits per heavy atom. The van der Waals surface area contributed by atoms with E-state index in [1.54, 1.807) is 6.33 Å². The highest BCUT2D eigenvalue weighted by atomic mass is 16.3. The third kappa shape index (κ3) is 4.42. The van der Waals surface area contributed by atoms with Crippen molar-refractivity contribution < 1.29 is 9.90 Å². The fourth-order valence-electron chi connectivity index (χ4n) is 3.48. The molecule has 1 aromatic heterocycles. The second-order valence-corrected chi connectivity index (χ2v) is 6.95. The molecule has 1 aromatic rings. The topological polar surface area (TPSA) is 104 Å². The molecule has 1 aliphatic heterocycles. The Labute approximate surface area is 142 Å². The molecule has 2 heterocycles. The van der Waals surface area contributed by atoms with Gasteiger partial charge in [0.25, 0.3) is 0 Å². The molecule has 7 heteroatoms. The SMILES string of the molecule is NC(=O)C1CCN(CCCNc2cc(C3CC(O)C3)ncn2)CC1. The summed E-state index contributed by atoms with van der Waals surface area (Å²) in [5.41, 5.74) is 6.38. The maximum Gasteiger partial charge on any atom is 0.220 e. The predicted molar refractivity (Wildman–Crippen MR) is 91.5 cm³/mol. The Bertz CT molecular complexity index is 554. The van der Waals surface area contributed by atoms with Crippen LogP contribution in [0.3, 0.4) is 0 Å². The number of hydrogen-bond donors (Lipinski definition) is 3. The molecule has 2 aliphatic rings. The third-order valence-corrected chi connectivity index (χ3v) is 5.17. The van der Waals surface area contributed by atoms with Gasteiger partial charge in [-0.2, -0.15) is 0 Å². The van der Waals surface area contributed by atoms with Crippen LogP contribution in [0.2, 0.25) is 0 Å². The zero-order valence-corrected chi connectivity index (χ0v) is 14.0. The first-order chi connectivity index (χ1) is 11.6. The van der Waals surface area contributed by atoms with Gasteiger partial charge in [-0.15, -0.1) is 0 Å². The summed E-state index contributed by atoms with van der Waals surface area (Å²) in [5.74, 6) is 1.13. The highest BCUT2D eigenvalue weighted by molar-refractivity contribution is 5.76. The lowest BCUT2D eigenvalue weighted by Gasteiger charge is -2.31. The quantitative estimate of drug-likeness (QED) is 0.635. The number of aliphatic hydroxyl groups is 1. The molecule has 0 bridgehead atoms. The Morgan fingerprint density at radius 2 is 2.08 bits per heavy atom. The number of carbonyl (C=O) groups is 1. The van der Waals surface area contributed by atoms with Gasteiger partial charge in [-0.25, -0.2) is 9.97 Å². The lowest BCUT2D eigenvalue weighted by molar-refractivity contribution is -0.123. The van der Waals surface area contributed by atoms with Gasteiger partial charge in [0.05, 0.1) is 6.10 Å². The third-order valence-electron chi connectivity index (χ3n) is 5.17. The largest absolute Gasteiger partial charge is 0.393 e. The van der Waals surface area contributed by atoms with Crippen molar-refractivity contribution in [3.05, 3.63) is 18.1 Å². The summed E-state index contributed by atoms with van der Waals surface area (Å²) in [6.07, 6.45) is 5.83. The van der Waals surface area contributed by atoms with Gasteiger partial charge in [0, 0.05) is 30.1 Å². The zero-order valence-electron chi connectivity index (χ0n) is 14.0. The van der Waals surface area contributed by atoms with E-state index in [-0.39, 0.29) is 17.9 Å². The Kier molecular flexibility index (Phi) is 5.63.